The summed E-state index contributed by atoms with van der Waals surface area (Å²) in [5, 5.41) is 3.08. The number of fused-ring (bicyclic) bond motifs is 1. The van der Waals surface area contributed by atoms with E-state index in [2.05, 4.69) is 25.2 Å². The van der Waals surface area contributed by atoms with Crippen molar-refractivity contribution in [2.24, 2.45) is 5.92 Å². The standard InChI is InChI=1S/C23H27N7O2/c24-23-28-20-19(21(29-23)30-9-11-32-12-10-30)27-18(14-25-20)16-7-4-8-17(13-16)26-22(31)15-5-2-1-3-6-15/h4,7-8,13-15H,1-3,5-6,9-12H2,(H,26,31)(H2,24,25,28,29). The lowest BCUT2D eigenvalue weighted by molar-refractivity contribution is -0.120. The van der Waals surface area contributed by atoms with Crippen LogP contribution in [0, 0.1) is 5.92 Å². The molecule has 0 unspecified atom stereocenters. The fraction of sp³-hybridized carbons (Fsp3) is 0.435. The van der Waals surface area contributed by atoms with E-state index in [9.17, 15) is 4.79 Å². The quantitative estimate of drug-likeness (QED) is 0.644. The summed E-state index contributed by atoms with van der Waals surface area (Å²) in [5.41, 5.74) is 9.31. The van der Waals surface area contributed by atoms with Gasteiger partial charge in [-0.05, 0) is 25.0 Å². The fourth-order valence-corrected chi connectivity index (χ4v) is 4.41. The van der Waals surface area contributed by atoms with Crippen molar-refractivity contribution in [1.82, 2.24) is 19.9 Å². The van der Waals surface area contributed by atoms with Gasteiger partial charge in [0.25, 0.3) is 0 Å². The zero-order valence-electron chi connectivity index (χ0n) is 18.0. The maximum Gasteiger partial charge on any atom is 0.227 e. The maximum atomic E-state index is 12.7. The molecule has 166 valence electrons. The average molecular weight is 434 g/mol. The van der Waals surface area contributed by atoms with Gasteiger partial charge in [0.1, 0.15) is 0 Å². The summed E-state index contributed by atoms with van der Waals surface area (Å²) >= 11 is 0. The molecule has 2 fully saturated rings. The molecular weight excluding hydrogens is 406 g/mol. The molecule has 5 rings (SSSR count). The molecule has 0 bridgehead atoms. The molecule has 1 aromatic carbocycles. The molecule has 3 heterocycles. The van der Waals surface area contributed by atoms with E-state index in [1.54, 1.807) is 6.20 Å². The van der Waals surface area contributed by atoms with Crippen LogP contribution in [0.2, 0.25) is 0 Å². The van der Waals surface area contributed by atoms with Crippen LogP contribution in [0.5, 0.6) is 0 Å². The molecular formula is C23H27N7O2. The van der Waals surface area contributed by atoms with E-state index in [0.29, 0.717) is 49.0 Å². The number of carbonyl (C=O) groups excluding carboxylic acids is 1. The third kappa shape index (κ3) is 4.34. The lowest BCUT2D eigenvalue weighted by Gasteiger charge is -2.28. The Hall–Kier alpha value is -3.33. The molecule has 0 spiro atoms. The van der Waals surface area contributed by atoms with Crippen LogP contribution in [0.25, 0.3) is 22.4 Å². The molecule has 0 atom stereocenters. The molecule has 1 saturated heterocycles. The van der Waals surface area contributed by atoms with Crippen molar-refractivity contribution in [2.75, 3.05) is 42.3 Å². The fourth-order valence-electron chi connectivity index (χ4n) is 4.41. The first-order valence-corrected chi connectivity index (χ1v) is 11.2. The van der Waals surface area contributed by atoms with Crippen molar-refractivity contribution in [3.8, 4) is 11.3 Å². The Morgan fingerprint density at radius 1 is 1.09 bits per heavy atom. The van der Waals surface area contributed by atoms with Crippen LogP contribution in [0.1, 0.15) is 32.1 Å². The Bertz CT molecular complexity index is 1120. The Morgan fingerprint density at radius 3 is 2.72 bits per heavy atom. The van der Waals surface area contributed by atoms with Crippen molar-refractivity contribution in [3.05, 3.63) is 30.5 Å². The van der Waals surface area contributed by atoms with Gasteiger partial charge in [-0.15, -0.1) is 0 Å². The minimum absolute atomic E-state index is 0.102. The lowest BCUT2D eigenvalue weighted by atomic mass is 9.88. The Kier molecular flexibility index (Phi) is 5.81. The molecule has 2 aromatic heterocycles. The van der Waals surface area contributed by atoms with Crippen molar-refractivity contribution >= 4 is 34.5 Å². The number of morpholine rings is 1. The molecule has 0 radical (unpaired) electrons. The van der Waals surface area contributed by atoms with Crippen molar-refractivity contribution in [1.29, 1.82) is 0 Å². The minimum Gasteiger partial charge on any atom is -0.378 e. The Morgan fingerprint density at radius 2 is 1.91 bits per heavy atom. The predicted molar refractivity (Wildman–Crippen MR) is 123 cm³/mol. The van der Waals surface area contributed by atoms with Crippen LogP contribution >= 0.6 is 0 Å². The molecule has 1 aliphatic carbocycles. The summed E-state index contributed by atoms with van der Waals surface area (Å²) < 4.78 is 5.46. The predicted octanol–water partition coefficient (Wildman–Crippen LogP) is 3.02. The normalized spacial score (nSPS) is 17.4. The van der Waals surface area contributed by atoms with Gasteiger partial charge in [0.2, 0.25) is 11.9 Å². The summed E-state index contributed by atoms with van der Waals surface area (Å²) in [6, 6.07) is 7.71. The second kappa shape index (κ2) is 9.04. The number of aromatic nitrogens is 4. The first-order chi connectivity index (χ1) is 15.7. The number of hydrogen-bond donors (Lipinski definition) is 2. The van der Waals surface area contributed by atoms with Crippen LogP contribution in [0.4, 0.5) is 17.5 Å². The summed E-state index contributed by atoms with van der Waals surface area (Å²) in [6.07, 6.45) is 7.09. The molecule has 3 aromatic rings. The molecule has 1 aliphatic heterocycles. The van der Waals surface area contributed by atoms with E-state index in [-0.39, 0.29) is 17.8 Å². The molecule has 32 heavy (non-hydrogen) atoms. The van der Waals surface area contributed by atoms with Gasteiger partial charge in [-0.25, -0.2) is 9.97 Å². The van der Waals surface area contributed by atoms with Gasteiger partial charge in [0.15, 0.2) is 17.0 Å². The summed E-state index contributed by atoms with van der Waals surface area (Å²) in [7, 11) is 0. The molecule has 9 heteroatoms. The van der Waals surface area contributed by atoms with E-state index >= 15 is 0 Å². The third-order valence-corrected chi connectivity index (χ3v) is 6.12. The highest BCUT2D eigenvalue weighted by Crippen LogP contribution is 2.28. The lowest BCUT2D eigenvalue weighted by Crippen LogP contribution is -2.37. The van der Waals surface area contributed by atoms with Gasteiger partial charge >= 0.3 is 0 Å². The van der Waals surface area contributed by atoms with Crippen LogP contribution in [-0.4, -0.2) is 52.1 Å². The topological polar surface area (TPSA) is 119 Å². The van der Waals surface area contributed by atoms with Gasteiger partial charge < -0.3 is 20.7 Å². The van der Waals surface area contributed by atoms with Gasteiger partial charge in [0.05, 0.1) is 25.1 Å². The molecule has 1 saturated carbocycles. The summed E-state index contributed by atoms with van der Waals surface area (Å²) in [4.78, 5) is 32.8. The van der Waals surface area contributed by atoms with E-state index in [4.69, 9.17) is 15.5 Å². The number of hydrogen-bond acceptors (Lipinski definition) is 8. The van der Waals surface area contributed by atoms with Crippen molar-refractivity contribution in [3.63, 3.8) is 0 Å². The van der Waals surface area contributed by atoms with Gasteiger partial charge in [-0.2, -0.15) is 9.97 Å². The van der Waals surface area contributed by atoms with Gasteiger partial charge in [0, 0.05) is 30.3 Å². The molecule has 3 N–H and O–H groups in total. The second-order valence-electron chi connectivity index (χ2n) is 8.34. The number of nitrogens with one attached hydrogen (secondary N) is 1. The molecule has 9 nitrogen and oxygen atoms in total. The maximum absolute atomic E-state index is 12.7. The number of nitrogens with zero attached hydrogens (tertiary/aromatic N) is 5. The number of carbonyl (C=O) groups is 1. The zero-order chi connectivity index (χ0) is 21.9. The number of benzene rings is 1. The monoisotopic (exact) mass is 433 g/mol. The van der Waals surface area contributed by atoms with Gasteiger partial charge in [-0.3, -0.25) is 4.79 Å². The van der Waals surface area contributed by atoms with Crippen LogP contribution in [0.15, 0.2) is 30.5 Å². The van der Waals surface area contributed by atoms with Crippen molar-refractivity contribution < 1.29 is 9.53 Å². The average Bonchev–Trinajstić information content (AvgIpc) is 2.84. The number of ether oxygens (including phenoxy) is 1. The van der Waals surface area contributed by atoms with E-state index in [1.165, 1.54) is 6.42 Å². The molecule has 1 amide bonds. The smallest absolute Gasteiger partial charge is 0.227 e. The summed E-state index contributed by atoms with van der Waals surface area (Å²) in [6.45, 7) is 2.67. The second-order valence-corrected chi connectivity index (χ2v) is 8.34. The number of anilines is 3. The minimum atomic E-state index is 0.102. The number of amides is 1. The number of rotatable bonds is 4. The highest BCUT2D eigenvalue weighted by atomic mass is 16.5. The SMILES string of the molecule is Nc1nc(N2CCOCC2)c2nc(-c3cccc(NC(=O)C4CCCCC4)c3)cnc2n1. The first kappa shape index (κ1) is 20.6. The zero-order valence-corrected chi connectivity index (χ0v) is 18.0. The molecule has 2 aliphatic rings. The first-order valence-electron chi connectivity index (χ1n) is 11.2. The van der Waals surface area contributed by atoms with Gasteiger partial charge in [-0.1, -0.05) is 31.4 Å². The van der Waals surface area contributed by atoms with E-state index in [0.717, 1.165) is 36.9 Å². The number of nitrogen functional groups attached to an aromatic ring is 1. The van der Waals surface area contributed by atoms with Crippen LogP contribution < -0.4 is 16.0 Å². The Labute approximate surface area is 186 Å². The third-order valence-electron chi connectivity index (χ3n) is 6.12. The number of nitrogens with two attached hydrogens (primary N) is 1. The van der Waals surface area contributed by atoms with E-state index in [1.807, 2.05) is 24.3 Å². The van der Waals surface area contributed by atoms with E-state index < -0.39 is 0 Å². The largest absolute Gasteiger partial charge is 0.378 e. The van der Waals surface area contributed by atoms with Crippen molar-refractivity contribution in [2.45, 2.75) is 32.1 Å². The summed E-state index contributed by atoms with van der Waals surface area (Å²) in [5.74, 6) is 1.05. The highest BCUT2D eigenvalue weighted by Gasteiger charge is 2.22. The highest BCUT2D eigenvalue weighted by molar-refractivity contribution is 5.93. The van der Waals surface area contributed by atoms with Crippen LogP contribution in [-0.2, 0) is 9.53 Å². The Balaban J connectivity index is 1.45. The van der Waals surface area contributed by atoms with Crippen LogP contribution in [0.3, 0.4) is 0 Å².